The molecule has 106 valence electrons. The first-order valence-corrected chi connectivity index (χ1v) is 6.93. The van der Waals surface area contributed by atoms with Crippen LogP contribution in [0.4, 0.5) is 5.95 Å². The average molecular weight is 291 g/mol. The topological polar surface area (TPSA) is 41.1 Å². The SMILES string of the molecule is CNCc1cnc(N(C)C(C)c2ccc(Cl)cc2)nc1. The fourth-order valence-corrected chi connectivity index (χ4v) is 2.09. The van der Waals surface area contributed by atoms with E-state index in [0.29, 0.717) is 5.95 Å². The van der Waals surface area contributed by atoms with E-state index in [1.807, 2.05) is 55.7 Å². The van der Waals surface area contributed by atoms with E-state index < -0.39 is 0 Å². The third-order valence-electron chi connectivity index (χ3n) is 3.32. The molecule has 2 rings (SSSR count). The van der Waals surface area contributed by atoms with Crippen LogP contribution in [-0.4, -0.2) is 24.1 Å². The molecule has 1 atom stereocenters. The van der Waals surface area contributed by atoms with Crippen LogP contribution in [0.1, 0.15) is 24.1 Å². The minimum absolute atomic E-state index is 0.183. The van der Waals surface area contributed by atoms with Crippen LogP contribution in [0.25, 0.3) is 0 Å². The van der Waals surface area contributed by atoms with Crippen LogP contribution in [0.15, 0.2) is 36.7 Å². The van der Waals surface area contributed by atoms with Gasteiger partial charge in [0.1, 0.15) is 0 Å². The molecule has 0 aliphatic carbocycles. The summed E-state index contributed by atoms with van der Waals surface area (Å²) < 4.78 is 0. The van der Waals surface area contributed by atoms with Crippen LogP contribution in [0, 0.1) is 0 Å². The number of nitrogens with one attached hydrogen (secondary N) is 1. The van der Waals surface area contributed by atoms with Crippen molar-refractivity contribution in [3.05, 3.63) is 52.8 Å². The lowest BCUT2D eigenvalue weighted by Gasteiger charge is -2.25. The molecule has 0 amide bonds. The molecule has 0 radical (unpaired) electrons. The molecule has 20 heavy (non-hydrogen) atoms. The van der Waals surface area contributed by atoms with Crippen LogP contribution in [0.3, 0.4) is 0 Å². The van der Waals surface area contributed by atoms with Gasteiger partial charge >= 0.3 is 0 Å². The molecule has 0 spiro atoms. The number of anilines is 1. The Hall–Kier alpha value is -1.65. The summed E-state index contributed by atoms with van der Waals surface area (Å²) in [6.45, 7) is 2.89. The van der Waals surface area contributed by atoms with E-state index in [2.05, 4.69) is 22.2 Å². The van der Waals surface area contributed by atoms with Crippen molar-refractivity contribution in [2.24, 2.45) is 0 Å². The Kier molecular flexibility index (Phi) is 4.93. The molecule has 0 saturated heterocycles. The van der Waals surface area contributed by atoms with Gasteiger partial charge < -0.3 is 10.2 Å². The zero-order chi connectivity index (χ0) is 14.5. The lowest BCUT2D eigenvalue weighted by molar-refractivity contribution is 0.711. The normalized spacial score (nSPS) is 12.2. The summed E-state index contributed by atoms with van der Waals surface area (Å²) in [5.41, 5.74) is 2.25. The van der Waals surface area contributed by atoms with E-state index in [1.54, 1.807) is 0 Å². The summed E-state index contributed by atoms with van der Waals surface area (Å²) in [4.78, 5) is 10.9. The molecule has 5 heteroatoms. The van der Waals surface area contributed by atoms with Gasteiger partial charge in [-0.05, 0) is 31.7 Å². The molecule has 0 bridgehead atoms. The van der Waals surface area contributed by atoms with Gasteiger partial charge in [-0.2, -0.15) is 0 Å². The monoisotopic (exact) mass is 290 g/mol. The second-order valence-electron chi connectivity index (χ2n) is 4.76. The van der Waals surface area contributed by atoms with E-state index >= 15 is 0 Å². The predicted octanol–water partition coefficient (Wildman–Crippen LogP) is 3.05. The van der Waals surface area contributed by atoms with Gasteiger partial charge in [0.2, 0.25) is 5.95 Å². The Morgan fingerprint density at radius 1 is 1.20 bits per heavy atom. The van der Waals surface area contributed by atoms with Gasteiger partial charge in [0, 0.05) is 36.6 Å². The van der Waals surface area contributed by atoms with Gasteiger partial charge in [0.05, 0.1) is 6.04 Å². The van der Waals surface area contributed by atoms with Crippen molar-refractivity contribution in [2.45, 2.75) is 19.5 Å². The molecular weight excluding hydrogens is 272 g/mol. The quantitative estimate of drug-likeness (QED) is 0.919. The summed E-state index contributed by atoms with van der Waals surface area (Å²) in [6, 6.07) is 8.04. The number of hydrogen-bond acceptors (Lipinski definition) is 4. The minimum atomic E-state index is 0.183. The van der Waals surface area contributed by atoms with Crippen molar-refractivity contribution in [1.82, 2.24) is 15.3 Å². The van der Waals surface area contributed by atoms with Crippen molar-refractivity contribution >= 4 is 17.5 Å². The van der Waals surface area contributed by atoms with Gasteiger partial charge in [0.15, 0.2) is 0 Å². The van der Waals surface area contributed by atoms with Crippen LogP contribution in [-0.2, 0) is 6.54 Å². The maximum absolute atomic E-state index is 5.92. The van der Waals surface area contributed by atoms with Gasteiger partial charge in [-0.25, -0.2) is 9.97 Å². The Morgan fingerprint density at radius 3 is 2.35 bits per heavy atom. The maximum Gasteiger partial charge on any atom is 0.225 e. The standard InChI is InChI=1S/C15H19ClN4/c1-11(13-4-6-14(16)7-5-13)20(3)15-18-9-12(8-17-2)10-19-15/h4-7,9-11,17H,8H2,1-3H3. The number of rotatable bonds is 5. The van der Waals surface area contributed by atoms with Crippen molar-refractivity contribution in [2.75, 3.05) is 19.0 Å². The highest BCUT2D eigenvalue weighted by molar-refractivity contribution is 6.30. The van der Waals surface area contributed by atoms with Gasteiger partial charge in [-0.3, -0.25) is 0 Å². The molecule has 1 heterocycles. The summed E-state index contributed by atoms with van der Waals surface area (Å²) in [5.74, 6) is 0.715. The second kappa shape index (κ2) is 6.68. The molecule has 0 aliphatic heterocycles. The van der Waals surface area contributed by atoms with E-state index in [-0.39, 0.29) is 6.04 Å². The molecule has 0 fully saturated rings. The zero-order valence-corrected chi connectivity index (χ0v) is 12.7. The highest BCUT2D eigenvalue weighted by Crippen LogP contribution is 2.23. The van der Waals surface area contributed by atoms with Gasteiger partial charge in [-0.15, -0.1) is 0 Å². The van der Waals surface area contributed by atoms with E-state index in [0.717, 1.165) is 17.1 Å². The van der Waals surface area contributed by atoms with Crippen molar-refractivity contribution in [1.29, 1.82) is 0 Å². The molecule has 0 saturated carbocycles. The predicted molar refractivity (Wildman–Crippen MR) is 83.1 cm³/mol. The van der Waals surface area contributed by atoms with Gasteiger partial charge in [-0.1, -0.05) is 23.7 Å². The van der Waals surface area contributed by atoms with Crippen LogP contribution >= 0.6 is 11.6 Å². The molecule has 1 aromatic carbocycles. The molecule has 2 aromatic rings. The number of aromatic nitrogens is 2. The Bertz CT molecular complexity index is 539. The molecular formula is C15H19ClN4. The summed E-state index contributed by atoms with van der Waals surface area (Å²) >= 11 is 5.92. The minimum Gasteiger partial charge on any atom is -0.337 e. The second-order valence-corrected chi connectivity index (χ2v) is 5.20. The fourth-order valence-electron chi connectivity index (χ4n) is 1.96. The van der Waals surface area contributed by atoms with E-state index in [9.17, 15) is 0 Å². The van der Waals surface area contributed by atoms with Crippen molar-refractivity contribution < 1.29 is 0 Å². The van der Waals surface area contributed by atoms with E-state index in [4.69, 9.17) is 11.6 Å². The van der Waals surface area contributed by atoms with Crippen molar-refractivity contribution in [3.8, 4) is 0 Å². The zero-order valence-electron chi connectivity index (χ0n) is 12.0. The fraction of sp³-hybridized carbons (Fsp3) is 0.333. The van der Waals surface area contributed by atoms with E-state index in [1.165, 1.54) is 5.56 Å². The third kappa shape index (κ3) is 3.46. The maximum atomic E-state index is 5.92. The summed E-state index contributed by atoms with van der Waals surface area (Å²) in [7, 11) is 3.90. The summed E-state index contributed by atoms with van der Waals surface area (Å²) in [6.07, 6.45) is 3.70. The first-order chi connectivity index (χ1) is 9.61. The number of halogens is 1. The molecule has 1 unspecified atom stereocenters. The van der Waals surface area contributed by atoms with Crippen LogP contribution in [0.2, 0.25) is 5.02 Å². The summed E-state index contributed by atoms with van der Waals surface area (Å²) in [5, 5.41) is 3.83. The lowest BCUT2D eigenvalue weighted by atomic mass is 10.1. The third-order valence-corrected chi connectivity index (χ3v) is 3.57. The number of hydrogen-bond donors (Lipinski definition) is 1. The highest BCUT2D eigenvalue weighted by Gasteiger charge is 2.14. The van der Waals surface area contributed by atoms with Crippen molar-refractivity contribution in [3.63, 3.8) is 0 Å². The Morgan fingerprint density at radius 2 is 1.80 bits per heavy atom. The van der Waals surface area contributed by atoms with Crippen LogP contribution in [0.5, 0.6) is 0 Å². The first kappa shape index (κ1) is 14.8. The molecule has 0 aliphatic rings. The molecule has 1 N–H and O–H groups in total. The molecule has 1 aromatic heterocycles. The van der Waals surface area contributed by atoms with Gasteiger partial charge in [0.25, 0.3) is 0 Å². The average Bonchev–Trinajstić information content (AvgIpc) is 2.48. The number of benzene rings is 1. The largest absolute Gasteiger partial charge is 0.337 e. The smallest absolute Gasteiger partial charge is 0.225 e. The Labute approximate surface area is 124 Å². The lowest BCUT2D eigenvalue weighted by Crippen LogP contribution is -2.23. The molecule has 4 nitrogen and oxygen atoms in total. The highest BCUT2D eigenvalue weighted by atomic mass is 35.5. The van der Waals surface area contributed by atoms with Crippen LogP contribution < -0.4 is 10.2 Å². The first-order valence-electron chi connectivity index (χ1n) is 6.55. The number of nitrogens with zero attached hydrogens (tertiary/aromatic N) is 3. The Balaban J connectivity index is 2.13.